The lowest BCUT2D eigenvalue weighted by molar-refractivity contribution is -0.402. The van der Waals surface area contributed by atoms with Crippen LogP contribution in [0, 0.1) is 24.0 Å². The predicted octanol–water partition coefficient (Wildman–Crippen LogP) is 3.01. The molecule has 0 spiro atoms. The van der Waals surface area contributed by atoms with Crippen LogP contribution in [0.2, 0.25) is 0 Å². The number of aromatic nitrogens is 4. The highest BCUT2D eigenvalue weighted by Crippen LogP contribution is 2.21. The number of hydrogen-bond acceptors (Lipinski definition) is 7. The molecule has 3 aromatic rings. The summed E-state index contributed by atoms with van der Waals surface area (Å²) in [6, 6.07) is 4.76. The van der Waals surface area contributed by atoms with Crippen LogP contribution in [-0.2, 0) is 0 Å². The molecule has 112 valence electrons. The molecule has 0 radical (unpaired) electrons. The molecule has 22 heavy (non-hydrogen) atoms. The van der Waals surface area contributed by atoms with Crippen molar-refractivity contribution < 1.29 is 9.34 Å². The monoisotopic (exact) mass is 317 g/mol. The largest absolute Gasteiger partial charge is 0.433 e. The first-order valence-corrected chi connectivity index (χ1v) is 7.19. The molecule has 0 aliphatic carbocycles. The molecular weight excluding hydrogens is 306 g/mol. The molecule has 0 bridgehead atoms. The summed E-state index contributed by atoms with van der Waals surface area (Å²) < 4.78 is 6.69. The maximum absolute atomic E-state index is 10.5. The van der Waals surface area contributed by atoms with E-state index in [0.717, 1.165) is 11.4 Å². The maximum Gasteiger partial charge on any atom is 0.433 e. The van der Waals surface area contributed by atoms with Gasteiger partial charge in [0.25, 0.3) is 5.78 Å². The van der Waals surface area contributed by atoms with Crippen molar-refractivity contribution in [1.29, 1.82) is 0 Å². The van der Waals surface area contributed by atoms with E-state index in [4.69, 9.17) is 4.42 Å². The molecule has 3 rings (SSSR count). The third kappa shape index (κ3) is 2.84. The minimum Gasteiger partial charge on any atom is -0.401 e. The van der Waals surface area contributed by atoms with Crippen LogP contribution >= 0.6 is 11.8 Å². The number of thioether (sulfide) groups is 1. The average Bonchev–Trinajstić information content (AvgIpc) is 3.05. The Labute approximate surface area is 129 Å². The predicted molar refractivity (Wildman–Crippen MR) is 80.5 cm³/mol. The molecule has 9 heteroatoms. The molecule has 0 unspecified atom stereocenters. The van der Waals surface area contributed by atoms with Gasteiger partial charge in [-0.1, -0.05) is 11.8 Å². The number of hydrogen-bond donors (Lipinski definition) is 0. The Morgan fingerprint density at radius 2 is 2.18 bits per heavy atom. The maximum atomic E-state index is 10.5. The van der Waals surface area contributed by atoms with Crippen molar-refractivity contribution in [1.82, 2.24) is 19.6 Å². The Hall–Kier alpha value is -2.68. The number of rotatable bonds is 4. The van der Waals surface area contributed by atoms with E-state index < -0.39 is 4.92 Å². The fourth-order valence-corrected chi connectivity index (χ4v) is 2.48. The van der Waals surface area contributed by atoms with E-state index >= 15 is 0 Å². The minimum atomic E-state index is -0.578. The van der Waals surface area contributed by atoms with Crippen LogP contribution in [0.25, 0.3) is 11.9 Å². The van der Waals surface area contributed by atoms with Crippen molar-refractivity contribution in [2.75, 3.05) is 0 Å². The van der Waals surface area contributed by atoms with Gasteiger partial charge in [0.05, 0.1) is 6.07 Å². The summed E-state index contributed by atoms with van der Waals surface area (Å²) >= 11 is 1.28. The van der Waals surface area contributed by atoms with Crippen LogP contribution < -0.4 is 0 Å². The molecule has 0 amide bonds. The van der Waals surface area contributed by atoms with Crippen molar-refractivity contribution in [2.45, 2.75) is 19.0 Å². The van der Waals surface area contributed by atoms with Gasteiger partial charge in [-0.05, 0) is 37.5 Å². The normalized spacial score (nSPS) is 11.5. The van der Waals surface area contributed by atoms with E-state index in [0.29, 0.717) is 16.7 Å². The molecule has 8 nitrogen and oxygen atoms in total. The van der Waals surface area contributed by atoms with Crippen molar-refractivity contribution in [3.05, 3.63) is 50.9 Å². The molecule has 3 heterocycles. The molecule has 0 aromatic carbocycles. The number of nitro groups is 1. The summed E-state index contributed by atoms with van der Waals surface area (Å²) in [6.45, 7) is 3.83. The van der Waals surface area contributed by atoms with E-state index in [9.17, 15) is 10.1 Å². The van der Waals surface area contributed by atoms with Crippen LogP contribution in [0.15, 0.2) is 33.2 Å². The molecule has 3 aromatic heterocycles. The highest BCUT2D eigenvalue weighted by Gasteiger charge is 2.10. The van der Waals surface area contributed by atoms with Gasteiger partial charge in [-0.3, -0.25) is 10.1 Å². The van der Waals surface area contributed by atoms with E-state index in [1.54, 1.807) is 16.0 Å². The van der Waals surface area contributed by atoms with Gasteiger partial charge >= 0.3 is 5.88 Å². The Kier molecular flexibility index (Phi) is 3.63. The van der Waals surface area contributed by atoms with Crippen molar-refractivity contribution in [2.24, 2.45) is 0 Å². The van der Waals surface area contributed by atoms with Gasteiger partial charge in [-0.15, -0.1) is 5.10 Å². The van der Waals surface area contributed by atoms with Crippen LogP contribution in [0.3, 0.4) is 0 Å². The molecule has 0 saturated heterocycles. The first kappa shape index (κ1) is 14.3. The quantitative estimate of drug-likeness (QED) is 0.414. The third-order valence-electron chi connectivity index (χ3n) is 2.80. The highest BCUT2D eigenvalue weighted by atomic mass is 32.2. The summed E-state index contributed by atoms with van der Waals surface area (Å²) in [5, 5.41) is 17.1. The first-order chi connectivity index (χ1) is 10.5. The molecule has 0 fully saturated rings. The summed E-state index contributed by atoms with van der Waals surface area (Å²) in [5.41, 5.74) is 1.83. The average molecular weight is 317 g/mol. The Balaban J connectivity index is 1.77. The second kappa shape index (κ2) is 5.60. The smallest absolute Gasteiger partial charge is 0.401 e. The molecule has 0 N–H and O–H groups in total. The number of furan rings is 1. The number of fused-ring (bicyclic) bond motifs is 1. The van der Waals surface area contributed by atoms with Crippen LogP contribution in [-0.4, -0.2) is 24.5 Å². The number of aryl methyl sites for hydroxylation is 2. The van der Waals surface area contributed by atoms with E-state index in [1.807, 2.05) is 19.9 Å². The van der Waals surface area contributed by atoms with Crippen LogP contribution in [0.1, 0.15) is 17.1 Å². The van der Waals surface area contributed by atoms with Crippen LogP contribution in [0.4, 0.5) is 5.88 Å². The van der Waals surface area contributed by atoms with Crippen molar-refractivity contribution in [3.8, 4) is 0 Å². The Morgan fingerprint density at radius 1 is 1.36 bits per heavy atom. The zero-order valence-corrected chi connectivity index (χ0v) is 12.6. The lowest BCUT2D eigenvalue weighted by Crippen LogP contribution is -1.97. The molecule has 0 aliphatic heterocycles. The third-order valence-corrected chi connectivity index (χ3v) is 3.45. The van der Waals surface area contributed by atoms with Gasteiger partial charge in [0.15, 0.2) is 0 Å². The zero-order chi connectivity index (χ0) is 15.7. The van der Waals surface area contributed by atoms with E-state index in [1.165, 1.54) is 23.9 Å². The van der Waals surface area contributed by atoms with Gasteiger partial charge in [0, 0.05) is 11.4 Å². The minimum absolute atomic E-state index is 0.286. The van der Waals surface area contributed by atoms with Gasteiger partial charge in [-0.2, -0.15) is 4.98 Å². The fourth-order valence-electron chi connectivity index (χ4n) is 1.89. The number of nitrogens with zero attached hydrogens (tertiary/aromatic N) is 5. The summed E-state index contributed by atoms with van der Waals surface area (Å²) in [7, 11) is 0. The molecular formula is C13H11N5O3S. The van der Waals surface area contributed by atoms with E-state index in [2.05, 4.69) is 15.1 Å². The van der Waals surface area contributed by atoms with Gasteiger partial charge in [0.2, 0.25) is 5.16 Å². The van der Waals surface area contributed by atoms with Gasteiger partial charge < -0.3 is 4.42 Å². The van der Waals surface area contributed by atoms with Crippen molar-refractivity contribution in [3.63, 3.8) is 0 Å². The molecule has 0 atom stereocenters. The second-order valence-electron chi connectivity index (χ2n) is 4.50. The summed E-state index contributed by atoms with van der Waals surface area (Å²) in [6.07, 6.45) is 1.62. The first-order valence-electron chi connectivity index (χ1n) is 6.31. The van der Waals surface area contributed by atoms with Crippen molar-refractivity contribution >= 4 is 29.5 Å². The standard InChI is InChI=1S/C13H11N5O3S/c1-8-7-9(2)17-12(14-8)15-13(16-17)22-6-5-10-3-4-11(21-10)18(19)20/h3-7H,1-2H3. The van der Waals surface area contributed by atoms with Gasteiger partial charge in [0.1, 0.15) is 10.7 Å². The molecule has 0 saturated carbocycles. The highest BCUT2D eigenvalue weighted by molar-refractivity contribution is 8.02. The summed E-state index contributed by atoms with van der Waals surface area (Å²) in [4.78, 5) is 18.6. The molecule has 0 aliphatic rings. The zero-order valence-electron chi connectivity index (χ0n) is 11.8. The lowest BCUT2D eigenvalue weighted by Gasteiger charge is -1.97. The second-order valence-corrected chi connectivity index (χ2v) is 5.37. The topological polar surface area (TPSA) is 99.4 Å². The fraction of sp³-hybridized carbons (Fsp3) is 0.154. The SMILES string of the molecule is Cc1cc(C)n2nc(SC=Cc3ccc([N+](=O)[O-])o3)nc2n1. The van der Waals surface area contributed by atoms with Gasteiger partial charge in [-0.25, -0.2) is 9.50 Å². The summed E-state index contributed by atoms with van der Waals surface area (Å²) in [5.74, 6) is 0.654. The van der Waals surface area contributed by atoms with Crippen LogP contribution in [0.5, 0.6) is 0 Å². The Morgan fingerprint density at radius 3 is 2.91 bits per heavy atom. The lowest BCUT2D eigenvalue weighted by atomic mass is 10.4. The Bertz CT molecular complexity index is 883. The van der Waals surface area contributed by atoms with E-state index in [-0.39, 0.29) is 5.88 Å².